The third-order valence-electron chi connectivity index (χ3n) is 4.16. The maximum atomic E-state index is 6.10. The van der Waals surface area contributed by atoms with Crippen LogP contribution in [0.1, 0.15) is 42.5 Å². The van der Waals surface area contributed by atoms with Gasteiger partial charge in [0.1, 0.15) is 12.4 Å². The summed E-state index contributed by atoms with van der Waals surface area (Å²) in [4.78, 5) is 0. The summed E-state index contributed by atoms with van der Waals surface area (Å²) in [6, 6.07) is 16.9. The maximum absolute atomic E-state index is 6.10. The zero-order valence-electron chi connectivity index (χ0n) is 14.0. The number of rotatable bonds is 6. The van der Waals surface area contributed by atoms with E-state index in [4.69, 9.17) is 10.5 Å². The number of hydrazine groups is 1. The molecule has 1 saturated heterocycles. The molecule has 3 rings (SSSR count). The fourth-order valence-corrected chi connectivity index (χ4v) is 2.97. The highest BCUT2D eigenvalue weighted by atomic mass is 35.5. The van der Waals surface area contributed by atoms with Crippen LogP contribution in [0.5, 0.6) is 5.75 Å². The van der Waals surface area contributed by atoms with Crippen molar-refractivity contribution in [1.29, 1.82) is 0 Å². The highest BCUT2D eigenvalue weighted by Gasteiger charge is 2.25. The number of ether oxygens (including phenoxy) is 1. The molecule has 2 atom stereocenters. The fourth-order valence-electron chi connectivity index (χ4n) is 2.97. The molecule has 1 aliphatic heterocycles. The molecule has 2 aromatic carbocycles. The maximum Gasteiger partial charge on any atom is 0.124 e. The van der Waals surface area contributed by atoms with E-state index in [1.165, 1.54) is 16.7 Å². The predicted octanol–water partition coefficient (Wildman–Crippen LogP) is 3.46. The first-order valence-corrected chi connectivity index (χ1v) is 8.32. The van der Waals surface area contributed by atoms with Crippen LogP contribution < -0.4 is 21.3 Å². The molecule has 1 heterocycles. The van der Waals surface area contributed by atoms with Crippen molar-refractivity contribution in [1.82, 2.24) is 10.9 Å². The zero-order valence-corrected chi connectivity index (χ0v) is 14.8. The molecular weight excluding hydrogens is 322 g/mol. The molecule has 1 fully saturated rings. The van der Waals surface area contributed by atoms with E-state index in [2.05, 4.69) is 48.1 Å². The second-order valence-corrected chi connectivity index (χ2v) is 6.08. The minimum absolute atomic E-state index is 0. The molecular formula is C19H26ClN3O. The molecule has 0 radical (unpaired) electrons. The van der Waals surface area contributed by atoms with Gasteiger partial charge in [-0.25, -0.2) is 10.9 Å². The molecule has 0 spiro atoms. The van der Waals surface area contributed by atoms with E-state index in [1.54, 1.807) is 0 Å². The minimum Gasteiger partial charge on any atom is -0.489 e. The summed E-state index contributed by atoms with van der Waals surface area (Å²) in [5, 5.41) is 0. The highest BCUT2D eigenvalue weighted by Crippen LogP contribution is 2.31. The third kappa shape index (κ3) is 4.71. The van der Waals surface area contributed by atoms with Crippen LogP contribution in [0.15, 0.2) is 48.5 Å². The van der Waals surface area contributed by atoms with E-state index in [0.29, 0.717) is 6.61 Å². The van der Waals surface area contributed by atoms with Gasteiger partial charge in [-0.3, -0.25) is 0 Å². The molecule has 4 N–H and O–H groups in total. The Morgan fingerprint density at radius 1 is 1.08 bits per heavy atom. The number of halogens is 1. The Balaban J connectivity index is 0.00000208. The van der Waals surface area contributed by atoms with E-state index in [0.717, 1.165) is 25.0 Å². The number of benzene rings is 2. The molecule has 130 valence electrons. The molecule has 4 nitrogen and oxygen atoms in total. The monoisotopic (exact) mass is 347 g/mol. The van der Waals surface area contributed by atoms with E-state index >= 15 is 0 Å². The van der Waals surface area contributed by atoms with Gasteiger partial charge in [0.2, 0.25) is 0 Å². The lowest BCUT2D eigenvalue weighted by molar-refractivity contribution is 0.299. The lowest BCUT2D eigenvalue weighted by Crippen LogP contribution is -2.36. The molecule has 0 aliphatic carbocycles. The molecule has 5 heteroatoms. The number of hydrogen-bond acceptors (Lipinski definition) is 4. The van der Waals surface area contributed by atoms with Gasteiger partial charge < -0.3 is 10.5 Å². The summed E-state index contributed by atoms with van der Waals surface area (Å²) in [6.07, 6.45) is 3.06. The number of nitrogens with one attached hydrogen (secondary N) is 2. The summed E-state index contributed by atoms with van der Waals surface area (Å²) < 4.78 is 6.10. The van der Waals surface area contributed by atoms with Crippen LogP contribution in [-0.2, 0) is 13.0 Å². The Kier molecular flexibility index (Phi) is 7.06. The van der Waals surface area contributed by atoms with Gasteiger partial charge in [-0.05, 0) is 30.0 Å². The van der Waals surface area contributed by atoms with Crippen LogP contribution in [0.2, 0.25) is 0 Å². The van der Waals surface area contributed by atoms with Gasteiger partial charge in [0.25, 0.3) is 0 Å². The topological polar surface area (TPSA) is 59.3 Å². The van der Waals surface area contributed by atoms with E-state index in [1.807, 2.05) is 18.2 Å². The fraction of sp³-hybridized carbons (Fsp3) is 0.368. The first-order chi connectivity index (χ1) is 11.3. The quantitative estimate of drug-likeness (QED) is 0.749. The van der Waals surface area contributed by atoms with E-state index in [9.17, 15) is 0 Å². The lowest BCUT2D eigenvalue weighted by Gasteiger charge is -2.17. The third-order valence-corrected chi connectivity index (χ3v) is 4.16. The van der Waals surface area contributed by atoms with Crippen molar-refractivity contribution in [3.8, 4) is 5.75 Å². The minimum atomic E-state index is -0.0168. The van der Waals surface area contributed by atoms with Gasteiger partial charge in [-0.15, -0.1) is 12.4 Å². The Labute approximate surface area is 150 Å². The van der Waals surface area contributed by atoms with Gasteiger partial charge >= 0.3 is 0 Å². The Hall–Kier alpha value is -1.59. The standard InChI is InChI=1S/C19H25N3O.ClH/c1-2-6-14-9-10-18(23-13-15-7-4-3-5-8-15)16(11-14)17-12-19(20)22-21-17;/h3-5,7-11,17,19,21-22H,2,6,12-13,20H2,1H3;1H. The SMILES string of the molecule is CCCc1ccc(OCc2ccccc2)c(C2CC(N)NN2)c1.Cl. The first-order valence-electron chi connectivity index (χ1n) is 8.32. The zero-order chi connectivity index (χ0) is 16.1. The largest absolute Gasteiger partial charge is 0.489 e. The van der Waals surface area contributed by atoms with Gasteiger partial charge in [0.05, 0.1) is 12.2 Å². The Morgan fingerprint density at radius 3 is 2.54 bits per heavy atom. The Morgan fingerprint density at radius 2 is 1.88 bits per heavy atom. The summed E-state index contributed by atoms with van der Waals surface area (Å²) in [5.41, 5.74) is 16.0. The highest BCUT2D eigenvalue weighted by molar-refractivity contribution is 5.85. The molecule has 2 unspecified atom stereocenters. The normalized spacial score (nSPS) is 19.8. The van der Waals surface area contributed by atoms with Crippen molar-refractivity contribution in [2.45, 2.75) is 45.0 Å². The molecule has 1 aliphatic rings. The Bertz CT molecular complexity index is 636. The van der Waals surface area contributed by atoms with Crippen molar-refractivity contribution in [2.75, 3.05) is 0 Å². The van der Waals surface area contributed by atoms with Crippen molar-refractivity contribution < 1.29 is 4.74 Å². The van der Waals surface area contributed by atoms with E-state index in [-0.39, 0.29) is 24.6 Å². The van der Waals surface area contributed by atoms with Crippen LogP contribution in [0, 0.1) is 0 Å². The average Bonchev–Trinajstić information content (AvgIpc) is 3.01. The lowest BCUT2D eigenvalue weighted by atomic mass is 9.99. The molecule has 0 saturated carbocycles. The smallest absolute Gasteiger partial charge is 0.124 e. The second kappa shape index (κ2) is 9.04. The molecule has 0 aromatic heterocycles. The summed E-state index contributed by atoms with van der Waals surface area (Å²) in [7, 11) is 0. The van der Waals surface area contributed by atoms with Crippen LogP contribution in [0.3, 0.4) is 0 Å². The molecule has 24 heavy (non-hydrogen) atoms. The van der Waals surface area contributed by atoms with Crippen LogP contribution in [0.25, 0.3) is 0 Å². The summed E-state index contributed by atoms with van der Waals surface area (Å²) >= 11 is 0. The van der Waals surface area contributed by atoms with Crippen LogP contribution >= 0.6 is 12.4 Å². The first kappa shape index (κ1) is 18.7. The average molecular weight is 348 g/mol. The number of hydrogen-bond donors (Lipinski definition) is 3. The predicted molar refractivity (Wildman–Crippen MR) is 100 cm³/mol. The summed E-state index contributed by atoms with van der Waals surface area (Å²) in [5.74, 6) is 0.933. The van der Waals surface area contributed by atoms with Crippen molar-refractivity contribution >= 4 is 12.4 Å². The summed E-state index contributed by atoms with van der Waals surface area (Å²) in [6.45, 7) is 2.78. The second-order valence-electron chi connectivity index (χ2n) is 6.08. The molecule has 0 amide bonds. The molecule has 2 aromatic rings. The van der Waals surface area contributed by atoms with Gasteiger partial charge in [0.15, 0.2) is 0 Å². The van der Waals surface area contributed by atoms with E-state index < -0.39 is 0 Å². The van der Waals surface area contributed by atoms with Crippen molar-refractivity contribution in [2.24, 2.45) is 5.73 Å². The van der Waals surface area contributed by atoms with Crippen molar-refractivity contribution in [3.63, 3.8) is 0 Å². The number of aryl methyl sites for hydroxylation is 1. The van der Waals surface area contributed by atoms with Gasteiger partial charge in [0, 0.05) is 5.56 Å². The van der Waals surface area contributed by atoms with Crippen molar-refractivity contribution in [3.05, 3.63) is 65.2 Å². The van der Waals surface area contributed by atoms with Crippen LogP contribution in [-0.4, -0.2) is 6.17 Å². The molecule has 0 bridgehead atoms. The van der Waals surface area contributed by atoms with Gasteiger partial charge in [-0.2, -0.15) is 0 Å². The number of nitrogens with two attached hydrogens (primary N) is 1. The van der Waals surface area contributed by atoms with Crippen LogP contribution in [0.4, 0.5) is 0 Å². The van der Waals surface area contributed by atoms with Gasteiger partial charge in [-0.1, -0.05) is 55.8 Å².